The van der Waals surface area contributed by atoms with E-state index in [0.717, 1.165) is 0 Å². The summed E-state index contributed by atoms with van der Waals surface area (Å²) < 4.78 is 0. The zero-order valence-electron chi connectivity index (χ0n) is 12.2. The highest BCUT2D eigenvalue weighted by atomic mass is 35.5. The van der Waals surface area contributed by atoms with E-state index in [1.54, 1.807) is 37.3 Å². The first kappa shape index (κ1) is 16.0. The molecule has 2 aromatic carbocycles. The van der Waals surface area contributed by atoms with Gasteiger partial charge >= 0.3 is 11.9 Å². The maximum atomic E-state index is 11.7. The summed E-state index contributed by atoms with van der Waals surface area (Å²) in [7, 11) is 0. The third kappa shape index (κ3) is 2.83. The number of benzene rings is 2. The zero-order chi connectivity index (χ0) is 16.4. The van der Waals surface area contributed by atoms with Gasteiger partial charge in [0.05, 0.1) is 11.1 Å². The van der Waals surface area contributed by atoms with Crippen LogP contribution in [0.15, 0.2) is 30.3 Å². The molecule has 0 heterocycles. The van der Waals surface area contributed by atoms with Gasteiger partial charge in [-0.2, -0.15) is 0 Å². The fourth-order valence-corrected chi connectivity index (χ4v) is 2.68. The first-order chi connectivity index (χ1) is 10.4. The van der Waals surface area contributed by atoms with Gasteiger partial charge in [0.2, 0.25) is 0 Å². The van der Waals surface area contributed by atoms with Gasteiger partial charge in [-0.1, -0.05) is 30.7 Å². The Hall–Kier alpha value is -2.33. The second-order valence-corrected chi connectivity index (χ2v) is 5.37. The Bertz CT molecular complexity index is 748. The van der Waals surface area contributed by atoms with Crippen LogP contribution in [-0.2, 0) is 6.42 Å². The molecule has 0 saturated carbocycles. The van der Waals surface area contributed by atoms with Crippen LogP contribution >= 0.6 is 11.6 Å². The fourth-order valence-electron chi connectivity index (χ4n) is 2.56. The normalized spacial score (nSPS) is 10.5. The second-order valence-electron chi connectivity index (χ2n) is 4.93. The van der Waals surface area contributed by atoms with Crippen molar-refractivity contribution in [1.29, 1.82) is 0 Å². The van der Waals surface area contributed by atoms with Crippen molar-refractivity contribution in [3.05, 3.63) is 57.6 Å². The lowest BCUT2D eigenvalue weighted by Gasteiger charge is -2.16. The maximum Gasteiger partial charge on any atom is 0.336 e. The van der Waals surface area contributed by atoms with E-state index in [0.29, 0.717) is 28.1 Å². The Morgan fingerprint density at radius 3 is 2.14 bits per heavy atom. The minimum atomic E-state index is -1.15. The molecule has 0 bridgehead atoms. The van der Waals surface area contributed by atoms with Crippen LogP contribution in [0.2, 0.25) is 5.02 Å². The molecule has 0 aliphatic rings. The molecule has 0 unspecified atom stereocenters. The molecule has 4 nitrogen and oxygen atoms in total. The van der Waals surface area contributed by atoms with E-state index < -0.39 is 11.9 Å². The van der Waals surface area contributed by atoms with E-state index in [1.165, 1.54) is 0 Å². The standard InChI is InChI=1S/C17H15ClO4/c1-3-10-8-13(16(19)20)15(14(9(10)2)17(21)22)11-4-6-12(18)7-5-11/h4-8H,3H2,1-2H3,(H,19,20)(H,21,22). The highest BCUT2D eigenvalue weighted by Gasteiger charge is 2.24. The molecule has 5 heteroatoms. The van der Waals surface area contributed by atoms with E-state index in [2.05, 4.69) is 0 Å². The van der Waals surface area contributed by atoms with Gasteiger partial charge in [-0.25, -0.2) is 9.59 Å². The predicted octanol–water partition coefficient (Wildman–Crippen LogP) is 4.27. The molecule has 0 saturated heterocycles. The van der Waals surface area contributed by atoms with Crippen molar-refractivity contribution >= 4 is 23.5 Å². The average molecular weight is 319 g/mol. The largest absolute Gasteiger partial charge is 0.478 e. The Kier molecular flexibility index (Phi) is 4.52. The number of aromatic carboxylic acids is 2. The van der Waals surface area contributed by atoms with Crippen molar-refractivity contribution in [2.24, 2.45) is 0 Å². The summed E-state index contributed by atoms with van der Waals surface area (Å²) in [6, 6.07) is 8.02. The maximum absolute atomic E-state index is 11.7. The molecular formula is C17H15ClO4. The molecule has 0 spiro atoms. The van der Waals surface area contributed by atoms with E-state index >= 15 is 0 Å². The number of aryl methyl sites for hydroxylation is 1. The summed E-state index contributed by atoms with van der Waals surface area (Å²) in [6.45, 7) is 3.56. The molecule has 0 aliphatic carbocycles. The predicted molar refractivity (Wildman–Crippen MR) is 84.9 cm³/mol. The van der Waals surface area contributed by atoms with Crippen LogP contribution in [-0.4, -0.2) is 22.2 Å². The van der Waals surface area contributed by atoms with Gasteiger partial charge in [0.15, 0.2) is 0 Å². The fraction of sp³-hybridized carbons (Fsp3) is 0.176. The van der Waals surface area contributed by atoms with Crippen molar-refractivity contribution in [3.63, 3.8) is 0 Å². The van der Waals surface area contributed by atoms with Crippen molar-refractivity contribution in [2.75, 3.05) is 0 Å². The molecule has 0 aromatic heterocycles. The third-order valence-corrected chi connectivity index (χ3v) is 3.90. The van der Waals surface area contributed by atoms with Crippen LogP contribution in [0.3, 0.4) is 0 Å². The SMILES string of the molecule is CCc1cc(C(=O)O)c(-c2ccc(Cl)cc2)c(C(=O)O)c1C. The molecule has 0 fully saturated rings. The van der Waals surface area contributed by atoms with Crippen LogP contribution < -0.4 is 0 Å². The van der Waals surface area contributed by atoms with Crippen molar-refractivity contribution < 1.29 is 19.8 Å². The van der Waals surface area contributed by atoms with Crippen LogP contribution in [0.25, 0.3) is 11.1 Å². The number of halogens is 1. The number of carboxylic acid groups (broad SMARTS) is 2. The van der Waals surface area contributed by atoms with Gasteiger partial charge in [-0.05, 0) is 48.2 Å². The molecule has 2 N–H and O–H groups in total. The molecule has 0 radical (unpaired) electrons. The van der Waals surface area contributed by atoms with Gasteiger partial charge in [-0.3, -0.25) is 0 Å². The van der Waals surface area contributed by atoms with Gasteiger partial charge in [0, 0.05) is 10.6 Å². The first-order valence-electron chi connectivity index (χ1n) is 6.75. The first-order valence-corrected chi connectivity index (χ1v) is 7.13. The number of carbonyl (C=O) groups is 2. The number of carboxylic acids is 2. The topological polar surface area (TPSA) is 74.6 Å². The molecule has 114 valence electrons. The summed E-state index contributed by atoms with van der Waals surface area (Å²) in [4.78, 5) is 23.3. The molecule has 2 aromatic rings. The molecule has 0 amide bonds. The Morgan fingerprint density at radius 1 is 1.09 bits per heavy atom. The van der Waals surface area contributed by atoms with E-state index in [-0.39, 0.29) is 16.7 Å². The van der Waals surface area contributed by atoms with Gasteiger partial charge < -0.3 is 10.2 Å². The van der Waals surface area contributed by atoms with Crippen molar-refractivity contribution in [1.82, 2.24) is 0 Å². The van der Waals surface area contributed by atoms with E-state index in [9.17, 15) is 19.8 Å². The Morgan fingerprint density at radius 2 is 1.68 bits per heavy atom. The van der Waals surface area contributed by atoms with Gasteiger partial charge in [-0.15, -0.1) is 0 Å². The van der Waals surface area contributed by atoms with E-state index in [1.807, 2.05) is 6.92 Å². The lowest BCUT2D eigenvalue weighted by atomic mass is 9.87. The van der Waals surface area contributed by atoms with Crippen molar-refractivity contribution in [3.8, 4) is 11.1 Å². The summed E-state index contributed by atoms with van der Waals surface area (Å²) in [5, 5.41) is 19.5. The zero-order valence-corrected chi connectivity index (χ0v) is 12.9. The second kappa shape index (κ2) is 6.20. The van der Waals surface area contributed by atoms with Gasteiger partial charge in [0.1, 0.15) is 0 Å². The number of rotatable bonds is 4. The molecule has 0 atom stereocenters. The molecule has 22 heavy (non-hydrogen) atoms. The number of hydrogen-bond acceptors (Lipinski definition) is 2. The summed E-state index contributed by atoms with van der Waals surface area (Å²) in [6.07, 6.45) is 0.563. The van der Waals surface area contributed by atoms with E-state index in [4.69, 9.17) is 11.6 Å². The Balaban J connectivity index is 2.90. The lowest BCUT2D eigenvalue weighted by Crippen LogP contribution is -2.11. The van der Waals surface area contributed by atoms with Crippen LogP contribution in [0.1, 0.15) is 38.8 Å². The highest BCUT2D eigenvalue weighted by Crippen LogP contribution is 2.33. The minimum Gasteiger partial charge on any atom is -0.478 e. The quantitative estimate of drug-likeness (QED) is 0.882. The number of hydrogen-bond donors (Lipinski definition) is 2. The Labute approximate surface area is 133 Å². The van der Waals surface area contributed by atoms with Crippen molar-refractivity contribution in [2.45, 2.75) is 20.3 Å². The van der Waals surface area contributed by atoms with Crippen LogP contribution in [0, 0.1) is 6.92 Å². The molecule has 2 rings (SSSR count). The monoisotopic (exact) mass is 318 g/mol. The summed E-state index contributed by atoms with van der Waals surface area (Å²) in [5.74, 6) is -2.29. The van der Waals surface area contributed by atoms with Crippen LogP contribution in [0.5, 0.6) is 0 Å². The highest BCUT2D eigenvalue weighted by molar-refractivity contribution is 6.30. The summed E-state index contributed by atoms with van der Waals surface area (Å²) >= 11 is 5.85. The van der Waals surface area contributed by atoms with Crippen LogP contribution in [0.4, 0.5) is 0 Å². The average Bonchev–Trinajstić information content (AvgIpc) is 2.46. The summed E-state index contributed by atoms with van der Waals surface area (Å²) in [5.41, 5.74) is 2.05. The lowest BCUT2D eigenvalue weighted by molar-refractivity contribution is 0.0695. The minimum absolute atomic E-state index is 0.0119. The van der Waals surface area contributed by atoms with Gasteiger partial charge in [0.25, 0.3) is 0 Å². The molecule has 0 aliphatic heterocycles. The smallest absolute Gasteiger partial charge is 0.336 e. The molecular weight excluding hydrogens is 304 g/mol. The third-order valence-electron chi connectivity index (χ3n) is 3.65.